The summed E-state index contributed by atoms with van der Waals surface area (Å²) in [7, 11) is 3.81. The first-order chi connectivity index (χ1) is 9.74. The molecule has 2 aliphatic heterocycles. The first-order valence-electron chi connectivity index (χ1n) is 7.50. The minimum atomic E-state index is 0.300. The van der Waals surface area contributed by atoms with Gasteiger partial charge in [0.15, 0.2) is 11.5 Å². The maximum Gasteiger partial charge on any atom is 0.161 e. The molecule has 4 nitrogen and oxygen atoms in total. The Hall–Kier alpha value is -1.26. The number of nitrogens with zero attached hydrogens (tertiary/aromatic N) is 1. The van der Waals surface area contributed by atoms with Crippen molar-refractivity contribution in [3.8, 4) is 11.5 Å². The van der Waals surface area contributed by atoms with Crippen molar-refractivity contribution >= 4 is 0 Å². The quantitative estimate of drug-likeness (QED) is 0.887. The van der Waals surface area contributed by atoms with Crippen LogP contribution in [0.1, 0.15) is 18.4 Å². The van der Waals surface area contributed by atoms with Gasteiger partial charge in [-0.15, -0.1) is 0 Å². The molecule has 0 saturated carbocycles. The van der Waals surface area contributed by atoms with E-state index in [9.17, 15) is 0 Å². The lowest BCUT2D eigenvalue weighted by atomic mass is 10.0. The molecule has 0 radical (unpaired) electrons. The first kappa shape index (κ1) is 13.7. The van der Waals surface area contributed by atoms with Crippen LogP contribution in [0.2, 0.25) is 0 Å². The topological polar surface area (TPSA) is 33.7 Å². The van der Waals surface area contributed by atoms with Crippen molar-refractivity contribution < 1.29 is 9.47 Å². The minimum absolute atomic E-state index is 0.300. The third-order valence-electron chi connectivity index (χ3n) is 4.20. The highest BCUT2D eigenvalue weighted by molar-refractivity contribution is 5.43. The summed E-state index contributed by atoms with van der Waals surface area (Å²) in [5.74, 6) is 1.73. The van der Waals surface area contributed by atoms with Gasteiger partial charge in [0, 0.05) is 19.1 Å². The van der Waals surface area contributed by atoms with E-state index in [2.05, 4.69) is 29.4 Å². The van der Waals surface area contributed by atoms with Gasteiger partial charge in [0.25, 0.3) is 0 Å². The molecule has 0 amide bonds. The summed E-state index contributed by atoms with van der Waals surface area (Å²) in [6, 6.07) is 6.95. The molecule has 2 saturated heterocycles. The average Bonchev–Trinajstić information content (AvgIpc) is 2.90. The van der Waals surface area contributed by atoms with Crippen LogP contribution in [0.25, 0.3) is 0 Å². The number of methoxy groups -OCH3 is 1. The summed E-state index contributed by atoms with van der Waals surface area (Å²) in [4.78, 5) is 2.25. The number of hydrogen-bond acceptors (Lipinski definition) is 4. The number of rotatable bonds is 5. The van der Waals surface area contributed by atoms with E-state index in [1.165, 1.54) is 18.4 Å². The van der Waals surface area contributed by atoms with Crippen LogP contribution in [0.3, 0.4) is 0 Å². The number of hydrogen-bond donors (Lipinski definition) is 1. The SMILES string of the molecule is COc1ccc(CC2CCCN2)cc1OC1CN(C)C1. The van der Waals surface area contributed by atoms with Crippen LogP contribution < -0.4 is 14.8 Å². The van der Waals surface area contributed by atoms with Crippen molar-refractivity contribution in [2.45, 2.75) is 31.4 Å². The Balaban J connectivity index is 1.68. The molecule has 0 spiro atoms. The largest absolute Gasteiger partial charge is 0.493 e. The molecule has 0 aromatic heterocycles. The van der Waals surface area contributed by atoms with E-state index >= 15 is 0 Å². The third-order valence-corrected chi connectivity index (χ3v) is 4.20. The van der Waals surface area contributed by atoms with Gasteiger partial charge in [-0.1, -0.05) is 6.07 Å². The summed E-state index contributed by atoms with van der Waals surface area (Å²) in [6.07, 6.45) is 3.94. The van der Waals surface area contributed by atoms with Crippen LogP contribution in [0, 0.1) is 0 Å². The molecule has 0 aliphatic carbocycles. The number of ether oxygens (including phenoxy) is 2. The zero-order valence-electron chi connectivity index (χ0n) is 12.4. The van der Waals surface area contributed by atoms with Crippen LogP contribution in [-0.4, -0.2) is 50.8 Å². The molecule has 110 valence electrons. The highest BCUT2D eigenvalue weighted by Crippen LogP contribution is 2.31. The van der Waals surface area contributed by atoms with Gasteiger partial charge in [-0.25, -0.2) is 0 Å². The Bertz CT molecular complexity index is 452. The summed E-state index contributed by atoms with van der Waals surface area (Å²) in [6.45, 7) is 3.15. The molecular formula is C16H24N2O2. The second kappa shape index (κ2) is 6.02. The van der Waals surface area contributed by atoms with Gasteiger partial charge < -0.3 is 14.8 Å². The molecule has 2 aliphatic rings. The fourth-order valence-corrected chi connectivity index (χ4v) is 3.05. The van der Waals surface area contributed by atoms with Crippen molar-refractivity contribution in [1.82, 2.24) is 10.2 Å². The number of benzene rings is 1. The summed E-state index contributed by atoms with van der Waals surface area (Å²) in [5, 5.41) is 3.54. The van der Waals surface area contributed by atoms with Gasteiger partial charge in [0.1, 0.15) is 6.10 Å². The highest BCUT2D eigenvalue weighted by Gasteiger charge is 2.26. The van der Waals surface area contributed by atoms with Gasteiger partial charge in [0.05, 0.1) is 7.11 Å². The maximum atomic E-state index is 6.06. The van der Waals surface area contributed by atoms with E-state index in [4.69, 9.17) is 9.47 Å². The van der Waals surface area contributed by atoms with Crippen molar-refractivity contribution in [3.05, 3.63) is 23.8 Å². The van der Waals surface area contributed by atoms with Crippen molar-refractivity contribution in [2.24, 2.45) is 0 Å². The molecule has 2 fully saturated rings. The van der Waals surface area contributed by atoms with E-state index in [1.54, 1.807) is 7.11 Å². The lowest BCUT2D eigenvalue weighted by Gasteiger charge is -2.36. The van der Waals surface area contributed by atoms with Crippen LogP contribution in [-0.2, 0) is 6.42 Å². The predicted octanol–water partition coefficient (Wildman–Crippen LogP) is 1.68. The van der Waals surface area contributed by atoms with Crippen LogP contribution in [0.5, 0.6) is 11.5 Å². The van der Waals surface area contributed by atoms with Crippen molar-refractivity contribution in [1.29, 1.82) is 0 Å². The zero-order chi connectivity index (χ0) is 13.9. The van der Waals surface area contributed by atoms with E-state index in [-0.39, 0.29) is 0 Å². The second-order valence-corrected chi connectivity index (χ2v) is 5.94. The van der Waals surface area contributed by atoms with E-state index in [1.807, 2.05) is 6.07 Å². The molecule has 2 heterocycles. The molecule has 3 rings (SSSR count). The summed E-state index contributed by atoms with van der Waals surface area (Å²) < 4.78 is 11.5. The Kier molecular flexibility index (Phi) is 4.13. The molecule has 1 aromatic carbocycles. The monoisotopic (exact) mass is 276 g/mol. The van der Waals surface area contributed by atoms with Crippen LogP contribution in [0.15, 0.2) is 18.2 Å². The van der Waals surface area contributed by atoms with Gasteiger partial charge in [-0.05, 0) is 50.6 Å². The Morgan fingerprint density at radius 1 is 1.30 bits per heavy atom. The first-order valence-corrected chi connectivity index (χ1v) is 7.50. The van der Waals surface area contributed by atoms with E-state index < -0.39 is 0 Å². The normalized spacial score (nSPS) is 23.6. The van der Waals surface area contributed by atoms with Gasteiger partial charge in [-0.3, -0.25) is 4.90 Å². The van der Waals surface area contributed by atoms with Gasteiger partial charge >= 0.3 is 0 Å². The fourth-order valence-electron chi connectivity index (χ4n) is 3.05. The van der Waals surface area contributed by atoms with Crippen LogP contribution in [0.4, 0.5) is 0 Å². The Morgan fingerprint density at radius 2 is 2.15 bits per heavy atom. The number of nitrogens with one attached hydrogen (secondary N) is 1. The second-order valence-electron chi connectivity index (χ2n) is 5.94. The highest BCUT2D eigenvalue weighted by atomic mass is 16.5. The van der Waals surface area contributed by atoms with Crippen molar-refractivity contribution in [3.63, 3.8) is 0 Å². The van der Waals surface area contributed by atoms with Crippen LogP contribution >= 0.6 is 0 Å². The molecular weight excluding hydrogens is 252 g/mol. The maximum absolute atomic E-state index is 6.06. The Labute approximate surface area is 121 Å². The number of likely N-dealkylation sites (tertiary alicyclic amines) is 1. The minimum Gasteiger partial charge on any atom is -0.493 e. The van der Waals surface area contributed by atoms with Gasteiger partial charge in [0.2, 0.25) is 0 Å². The summed E-state index contributed by atoms with van der Waals surface area (Å²) in [5.41, 5.74) is 1.33. The lowest BCUT2D eigenvalue weighted by molar-refractivity contribution is 0.0369. The molecule has 4 heteroatoms. The fraction of sp³-hybridized carbons (Fsp3) is 0.625. The standard InChI is InChI=1S/C16H24N2O2/c1-18-10-14(11-18)20-16-9-12(5-6-15(16)19-2)8-13-4-3-7-17-13/h5-6,9,13-14,17H,3-4,7-8,10-11H2,1-2H3. The zero-order valence-corrected chi connectivity index (χ0v) is 12.4. The average molecular weight is 276 g/mol. The molecule has 20 heavy (non-hydrogen) atoms. The lowest BCUT2D eigenvalue weighted by Crippen LogP contribution is -2.51. The van der Waals surface area contributed by atoms with Gasteiger partial charge in [-0.2, -0.15) is 0 Å². The summed E-state index contributed by atoms with van der Waals surface area (Å²) >= 11 is 0. The molecule has 1 atom stereocenters. The third kappa shape index (κ3) is 3.07. The van der Waals surface area contributed by atoms with E-state index in [0.717, 1.165) is 37.6 Å². The van der Waals surface area contributed by atoms with E-state index in [0.29, 0.717) is 12.1 Å². The van der Waals surface area contributed by atoms with Crippen molar-refractivity contribution in [2.75, 3.05) is 33.8 Å². The predicted molar refractivity (Wildman–Crippen MR) is 79.6 cm³/mol. The smallest absolute Gasteiger partial charge is 0.161 e. The molecule has 1 unspecified atom stereocenters. The molecule has 1 aromatic rings. The molecule has 1 N–H and O–H groups in total. The number of likely N-dealkylation sites (N-methyl/N-ethyl adjacent to an activating group) is 1. The molecule has 0 bridgehead atoms. The Morgan fingerprint density at radius 3 is 2.80 bits per heavy atom.